The second kappa shape index (κ2) is 6.61. The van der Waals surface area contributed by atoms with Gasteiger partial charge in [-0.2, -0.15) is 23.4 Å². The molecule has 0 bridgehead atoms. The van der Waals surface area contributed by atoms with Gasteiger partial charge in [0.2, 0.25) is 5.91 Å². The lowest BCUT2D eigenvalue weighted by Crippen LogP contribution is -2.34. The van der Waals surface area contributed by atoms with Crippen LogP contribution in [0.25, 0.3) is 0 Å². The molecule has 1 amide bonds. The predicted octanol–water partition coefficient (Wildman–Crippen LogP) is 3.39. The first-order valence-corrected chi connectivity index (χ1v) is 8.56. The number of likely N-dealkylation sites (N-methyl/N-ethyl adjacent to an activating group) is 1. The number of nitrogens with zero attached hydrogens (tertiary/aromatic N) is 5. The van der Waals surface area contributed by atoms with Crippen molar-refractivity contribution in [2.75, 3.05) is 7.05 Å². The summed E-state index contributed by atoms with van der Waals surface area (Å²) in [6.45, 7) is 1.83. The zero-order chi connectivity index (χ0) is 19.2. The van der Waals surface area contributed by atoms with E-state index in [-0.39, 0.29) is 11.8 Å². The van der Waals surface area contributed by atoms with Crippen molar-refractivity contribution in [3.8, 4) is 0 Å². The van der Waals surface area contributed by atoms with Crippen molar-refractivity contribution in [1.82, 2.24) is 24.5 Å². The topological polar surface area (TPSA) is 56.0 Å². The van der Waals surface area contributed by atoms with Gasteiger partial charge < -0.3 is 4.90 Å². The Morgan fingerprint density at radius 3 is 2.62 bits per heavy atom. The standard InChI is InChI=1S/C16H19ClF3N5O/c1-9(15(26)23(2)8-11-6-7-21-24(11)3)25-13(10-4-5-10)12(17)14(22-25)16(18,19)20/h6-7,9-10H,4-5,8H2,1-3H3. The quantitative estimate of drug-likeness (QED) is 0.787. The van der Waals surface area contributed by atoms with Gasteiger partial charge >= 0.3 is 6.18 Å². The third-order valence-electron chi connectivity index (χ3n) is 4.54. The maximum absolute atomic E-state index is 13.2. The van der Waals surface area contributed by atoms with Crippen molar-refractivity contribution < 1.29 is 18.0 Å². The third-order valence-corrected chi connectivity index (χ3v) is 4.91. The van der Waals surface area contributed by atoms with E-state index in [4.69, 9.17) is 11.6 Å². The second-order valence-electron chi connectivity index (χ2n) is 6.58. The van der Waals surface area contributed by atoms with E-state index in [9.17, 15) is 18.0 Å². The molecular formula is C16H19ClF3N5O. The zero-order valence-electron chi connectivity index (χ0n) is 14.6. The summed E-state index contributed by atoms with van der Waals surface area (Å²) in [4.78, 5) is 14.2. The average molecular weight is 390 g/mol. The summed E-state index contributed by atoms with van der Waals surface area (Å²) in [6, 6.07) is 0.883. The van der Waals surface area contributed by atoms with Crippen molar-refractivity contribution in [2.24, 2.45) is 7.05 Å². The first kappa shape index (κ1) is 18.8. The van der Waals surface area contributed by atoms with Crippen LogP contribution in [0, 0.1) is 0 Å². The molecule has 1 fully saturated rings. The van der Waals surface area contributed by atoms with Gasteiger partial charge in [0.15, 0.2) is 5.69 Å². The number of rotatable bonds is 5. The molecule has 0 aromatic carbocycles. The highest BCUT2D eigenvalue weighted by Gasteiger charge is 2.43. The van der Waals surface area contributed by atoms with Gasteiger partial charge in [0, 0.05) is 26.2 Å². The first-order chi connectivity index (χ1) is 12.1. The molecule has 1 saturated carbocycles. The number of hydrogen-bond donors (Lipinski definition) is 0. The summed E-state index contributed by atoms with van der Waals surface area (Å²) in [6.07, 6.45) is -1.55. The molecule has 1 aliphatic rings. The van der Waals surface area contributed by atoms with E-state index < -0.39 is 22.9 Å². The maximum Gasteiger partial charge on any atom is 0.436 e. The van der Waals surface area contributed by atoms with E-state index in [1.54, 1.807) is 31.0 Å². The molecule has 1 unspecified atom stereocenters. The molecule has 3 rings (SSSR count). The van der Waals surface area contributed by atoms with Gasteiger partial charge in [0.25, 0.3) is 0 Å². The third kappa shape index (κ3) is 3.44. The lowest BCUT2D eigenvalue weighted by atomic mass is 10.2. The fourth-order valence-electron chi connectivity index (χ4n) is 2.93. The van der Waals surface area contributed by atoms with E-state index in [1.807, 2.05) is 0 Å². The van der Waals surface area contributed by atoms with E-state index in [1.165, 1.54) is 11.8 Å². The lowest BCUT2D eigenvalue weighted by Gasteiger charge is -2.23. The van der Waals surface area contributed by atoms with Crippen molar-refractivity contribution in [3.63, 3.8) is 0 Å². The largest absolute Gasteiger partial charge is 0.436 e. The molecule has 1 atom stereocenters. The van der Waals surface area contributed by atoms with E-state index in [0.29, 0.717) is 12.2 Å². The summed E-state index contributed by atoms with van der Waals surface area (Å²) in [7, 11) is 3.35. The predicted molar refractivity (Wildman–Crippen MR) is 88.6 cm³/mol. The maximum atomic E-state index is 13.2. The molecule has 0 radical (unpaired) electrons. The van der Waals surface area contributed by atoms with Crippen LogP contribution in [0.5, 0.6) is 0 Å². The van der Waals surface area contributed by atoms with Crippen LogP contribution in [0.4, 0.5) is 13.2 Å². The number of aromatic nitrogens is 4. The monoisotopic (exact) mass is 389 g/mol. The zero-order valence-corrected chi connectivity index (χ0v) is 15.3. The number of halogens is 4. The molecule has 0 spiro atoms. The molecule has 1 aliphatic carbocycles. The molecule has 0 aliphatic heterocycles. The number of amides is 1. The molecule has 6 nitrogen and oxygen atoms in total. The molecule has 26 heavy (non-hydrogen) atoms. The number of alkyl halides is 3. The molecule has 0 saturated heterocycles. The van der Waals surface area contributed by atoms with Crippen LogP contribution < -0.4 is 0 Å². The Hall–Kier alpha value is -2.03. The van der Waals surface area contributed by atoms with Crippen LogP contribution in [0.3, 0.4) is 0 Å². The van der Waals surface area contributed by atoms with Crippen LogP contribution >= 0.6 is 11.6 Å². The molecule has 2 heterocycles. The van der Waals surface area contributed by atoms with Crippen molar-refractivity contribution in [2.45, 2.75) is 44.4 Å². The van der Waals surface area contributed by atoms with Gasteiger partial charge in [-0.1, -0.05) is 11.6 Å². The minimum absolute atomic E-state index is 0.0799. The molecule has 2 aromatic heterocycles. The highest BCUT2D eigenvalue weighted by molar-refractivity contribution is 6.32. The Morgan fingerprint density at radius 2 is 2.12 bits per heavy atom. The highest BCUT2D eigenvalue weighted by Crippen LogP contribution is 2.47. The number of aryl methyl sites for hydroxylation is 1. The molecule has 10 heteroatoms. The van der Waals surface area contributed by atoms with E-state index >= 15 is 0 Å². The minimum Gasteiger partial charge on any atom is -0.338 e. The number of carbonyl (C=O) groups excluding carboxylic acids is 1. The summed E-state index contributed by atoms with van der Waals surface area (Å²) < 4.78 is 42.3. The Kier molecular flexibility index (Phi) is 4.76. The second-order valence-corrected chi connectivity index (χ2v) is 6.96. The SMILES string of the molecule is CC(C(=O)N(C)Cc1ccnn1C)n1nc(C(F)(F)F)c(Cl)c1C1CC1. The van der Waals surface area contributed by atoms with E-state index in [2.05, 4.69) is 10.2 Å². The Morgan fingerprint density at radius 1 is 1.46 bits per heavy atom. The molecule has 2 aromatic rings. The minimum atomic E-state index is -4.66. The number of hydrogen-bond acceptors (Lipinski definition) is 3. The summed E-state index contributed by atoms with van der Waals surface area (Å²) in [5.74, 6) is -0.426. The Bertz CT molecular complexity index is 824. The van der Waals surface area contributed by atoms with Crippen LogP contribution in [0.1, 0.15) is 48.8 Å². The van der Waals surface area contributed by atoms with Gasteiger partial charge in [0.1, 0.15) is 6.04 Å². The van der Waals surface area contributed by atoms with Gasteiger partial charge in [-0.3, -0.25) is 14.2 Å². The molecule has 0 N–H and O–H groups in total. The Balaban J connectivity index is 1.88. The molecular weight excluding hydrogens is 371 g/mol. The normalized spacial score (nSPS) is 16.0. The summed E-state index contributed by atoms with van der Waals surface area (Å²) >= 11 is 5.97. The highest BCUT2D eigenvalue weighted by atomic mass is 35.5. The van der Waals surface area contributed by atoms with Gasteiger partial charge in [-0.25, -0.2) is 0 Å². The van der Waals surface area contributed by atoms with Crippen LogP contribution in [-0.4, -0.2) is 37.4 Å². The van der Waals surface area contributed by atoms with E-state index in [0.717, 1.165) is 23.2 Å². The van der Waals surface area contributed by atoms with Crippen LogP contribution in [-0.2, 0) is 24.6 Å². The molecule has 142 valence electrons. The number of carbonyl (C=O) groups is 1. The van der Waals surface area contributed by atoms with Crippen molar-refractivity contribution in [3.05, 3.63) is 34.4 Å². The van der Waals surface area contributed by atoms with Gasteiger partial charge in [-0.15, -0.1) is 0 Å². The van der Waals surface area contributed by atoms with Gasteiger partial charge in [0.05, 0.1) is 23.0 Å². The van der Waals surface area contributed by atoms with Crippen molar-refractivity contribution in [1.29, 1.82) is 0 Å². The first-order valence-electron chi connectivity index (χ1n) is 8.18. The van der Waals surface area contributed by atoms with Gasteiger partial charge in [-0.05, 0) is 25.8 Å². The van der Waals surface area contributed by atoms with Crippen LogP contribution in [0.2, 0.25) is 5.02 Å². The average Bonchev–Trinajstić information content (AvgIpc) is 3.22. The van der Waals surface area contributed by atoms with Crippen molar-refractivity contribution >= 4 is 17.5 Å². The fraction of sp³-hybridized carbons (Fsp3) is 0.562. The Labute approximate surface area is 153 Å². The van der Waals surface area contributed by atoms with Crippen LogP contribution in [0.15, 0.2) is 12.3 Å². The smallest absolute Gasteiger partial charge is 0.338 e. The summed E-state index contributed by atoms with van der Waals surface area (Å²) in [5, 5.41) is 7.30. The fourth-order valence-corrected chi connectivity index (χ4v) is 3.31. The lowest BCUT2D eigenvalue weighted by molar-refractivity contribution is -0.142. The summed E-state index contributed by atoms with van der Waals surface area (Å²) in [5.41, 5.74) is -0.0197.